The van der Waals surface area contributed by atoms with E-state index in [1.807, 2.05) is 0 Å². The van der Waals surface area contributed by atoms with E-state index in [0.717, 1.165) is 12.1 Å². The molecule has 1 fully saturated rings. The van der Waals surface area contributed by atoms with Crippen LogP contribution in [-0.2, 0) is 36.5 Å². The first-order valence-electron chi connectivity index (χ1n) is 13.8. The number of alkyl halides is 3. The zero-order valence-corrected chi connectivity index (χ0v) is 24.2. The number of hydrogen-bond acceptors (Lipinski definition) is 6. The predicted octanol–water partition coefficient (Wildman–Crippen LogP) is 4.36. The van der Waals surface area contributed by atoms with Crippen molar-refractivity contribution in [2.45, 2.75) is 70.5 Å². The number of nitrogens with one attached hydrogen (secondary N) is 2. The van der Waals surface area contributed by atoms with Crippen molar-refractivity contribution in [3.05, 3.63) is 59.7 Å². The van der Waals surface area contributed by atoms with Gasteiger partial charge in [0.1, 0.15) is 24.4 Å². The van der Waals surface area contributed by atoms with Crippen molar-refractivity contribution in [1.82, 2.24) is 15.5 Å². The Morgan fingerprint density at radius 1 is 1.07 bits per heavy atom. The molecule has 0 saturated carbocycles. The van der Waals surface area contributed by atoms with Crippen LogP contribution < -0.4 is 10.6 Å². The van der Waals surface area contributed by atoms with Crippen molar-refractivity contribution in [3.8, 4) is 11.1 Å². The molecular formula is C30H36F3N3O7. The quantitative estimate of drug-likeness (QED) is 0.365. The molecule has 2 atom stereocenters. The molecule has 1 heterocycles. The molecule has 3 N–H and O–H groups in total. The van der Waals surface area contributed by atoms with Crippen LogP contribution in [0, 0.1) is 0 Å². The number of carbonyl (C=O) groups excluding carboxylic acids is 3. The highest BCUT2D eigenvalue weighted by Gasteiger charge is 2.32. The van der Waals surface area contributed by atoms with E-state index in [0.29, 0.717) is 36.3 Å². The smallest absolute Gasteiger partial charge is 0.416 e. The minimum absolute atomic E-state index is 0.0616. The lowest BCUT2D eigenvalue weighted by Gasteiger charge is -2.36. The molecule has 0 bridgehead atoms. The predicted molar refractivity (Wildman–Crippen MR) is 150 cm³/mol. The minimum Gasteiger partial charge on any atom is -0.480 e. The molecule has 234 valence electrons. The van der Waals surface area contributed by atoms with Crippen molar-refractivity contribution in [1.29, 1.82) is 0 Å². The Morgan fingerprint density at radius 2 is 1.74 bits per heavy atom. The number of carboxylic acids is 1. The lowest BCUT2D eigenvalue weighted by atomic mass is 9.97. The van der Waals surface area contributed by atoms with E-state index in [9.17, 15) is 32.3 Å². The second-order valence-electron chi connectivity index (χ2n) is 11.1. The third-order valence-corrected chi connectivity index (χ3v) is 6.40. The van der Waals surface area contributed by atoms with Crippen LogP contribution in [0.3, 0.4) is 0 Å². The lowest BCUT2D eigenvalue weighted by molar-refractivity contribution is -0.138. The molecule has 1 aliphatic rings. The number of carbonyl (C=O) groups is 4. The average Bonchev–Trinajstić information content (AvgIpc) is 2.93. The van der Waals surface area contributed by atoms with Gasteiger partial charge in [0.15, 0.2) is 0 Å². The summed E-state index contributed by atoms with van der Waals surface area (Å²) in [6, 6.07) is 10.1. The first kappa shape index (κ1) is 33.4. The SMILES string of the molecule is CC(C)(C)OC(=O)N1CCCOC1CCC(=O)N[C@@H](Cc1cccc(-c2cccc(C(F)(F)F)c2)c1)C(=O)NCC(=O)O. The molecule has 0 radical (unpaired) electrons. The van der Waals surface area contributed by atoms with Crippen LogP contribution in [0.15, 0.2) is 48.5 Å². The zero-order valence-electron chi connectivity index (χ0n) is 24.2. The molecule has 2 aromatic carbocycles. The normalized spacial score (nSPS) is 16.2. The molecule has 0 spiro atoms. The summed E-state index contributed by atoms with van der Waals surface area (Å²) in [6.45, 7) is 5.34. The Balaban J connectivity index is 1.72. The molecule has 10 nitrogen and oxygen atoms in total. The maximum Gasteiger partial charge on any atom is 0.416 e. The van der Waals surface area contributed by atoms with Gasteiger partial charge in [0.2, 0.25) is 11.8 Å². The minimum atomic E-state index is -4.52. The van der Waals surface area contributed by atoms with Gasteiger partial charge in [-0.25, -0.2) is 4.79 Å². The summed E-state index contributed by atoms with van der Waals surface area (Å²) in [5, 5.41) is 13.9. The van der Waals surface area contributed by atoms with E-state index in [-0.39, 0.29) is 19.3 Å². The van der Waals surface area contributed by atoms with Crippen molar-refractivity contribution in [2.75, 3.05) is 19.7 Å². The Hall–Kier alpha value is -4.13. The summed E-state index contributed by atoms with van der Waals surface area (Å²) >= 11 is 0. The first-order chi connectivity index (χ1) is 20.1. The van der Waals surface area contributed by atoms with E-state index in [1.165, 1.54) is 17.0 Å². The molecule has 0 aromatic heterocycles. The summed E-state index contributed by atoms with van der Waals surface area (Å²) in [5.41, 5.74) is -0.213. The number of amides is 3. The van der Waals surface area contributed by atoms with Crippen LogP contribution in [0.1, 0.15) is 51.2 Å². The molecule has 1 saturated heterocycles. The summed E-state index contributed by atoms with van der Waals surface area (Å²) in [6.07, 6.45) is -5.24. The number of ether oxygens (including phenoxy) is 2. The second kappa shape index (κ2) is 14.4. The Morgan fingerprint density at radius 3 is 2.40 bits per heavy atom. The summed E-state index contributed by atoms with van der Waals surface area (Å²) in [4.78, 5) is 50.9. The summed E-state index contributed by atoms with van der Waals surface area (Å²) in [7, 11) is 0. The molecule has 0 aliphatic carbocycles. The van der Waals surface area contributed by atoms with Crippen LogP contribution in [-0.4, -0.2) is 71.5 Å². The Kier molecular flexibility index (Phi) is 11.1. The van der Waals surface area contributed by atoms with E-state index >= 15 is 0 Å². The van der Waals surface area contributed by atoms with Gasteiger partial charge < -0.3 is 25.2 Å². The fourth-order valence-electron chi connectivity index (χ4n) is 4.46. The maximum atomic E-state index is 13.2. The third kappa shape index (κ3) is 10.6. The van der Waals surface area contributed by atoms with E-state index < -0.39 is 60.0 Å². The Bertz CT molecular complexity index is 1310. The lowest BCUT2D eigenvalue weighted by Crippen LogP contribution is -2.50. The van der Waals surface area contributed by atoms with Gasteiger partial charge in [0.05, 0.1) is 12.2 Å². The number of aliphatic carboxylic acids is 1. The van der Waals surface area contributed by atoms with Crippen LogP contribution in [0.5, 0.6) is 0 Å². The highest BCUT2D eigenvalue weighted by molar-refractivity contribution is 5.89. The Labute approximate surface area is 247 Å². The zero-order chi connectivity index (χ0) is 31.8. The first-order valence-corrected chi connectivity index (χ1v) is 13.8. The monoisotopic (exact) mass is 607 g/mol. The number of benzene rings is 2. The standard InChI is InChI=1S/C30H36F3N3O7/c1-29(2,3)43-28(41)36-13-6-14-42-25(36)12-11-24(37)35-23(27(40)34-18-26(38)39)16-19-7-4-8-20(15-19)21-9-5-10-22(17-21)30(31,32)33/h4-5,7-10,15,17,23,25H,6,11-14,16,18H2,1-3H3,(H,34,40)(H,35,37)(H,38,39)/t23-,25?/m0/s1. The number of halogens is 3. The molecule has 1 aliphatic heterocycles. The third-order valence-electron chi connectivity index (χ3n) is 6.40. The van der Waals surface area contributed by atoms with Gasteiger partial charge in [-0.05, 0) is 56.0 Å². The maximum absolute atomic E-state index is 13.2. The van der Waals surface area contributed by atoms with Crippen molar-refractivity contribution in [3.63, 3.8) is 0 Å². The van der Waals surface area contributed by atoms with Gasteiger partial charge >= 0.3 is 18.2 Å². The van der Waals surface area contributed by atoms with Gasteiger partial charge in [-0.3, -0.25) is 19.3 Å². The van der Waals surface area contributed by atoms with Crippen molar-refractivity contribution in [2.24, 2.45) is 0 Å². The molecular weight excluding hydrogens is 571 g/mol. The van der Waals surface area contributed by atoms with Crippen LogP contribution in [0.4, 0.5) is 18.0 Å². The van der Waals surface area contributed by atoms with Gasteiger partial charge in [0, 0.05) is 25.8 Å². The van der Waals surface area contributed by atoms with E-state index in [1.54, 1.807) is 45.0 Å². The molecule has 3 amide bonds. The van der Waals surface area contributed by atoms with Gasteiger partial charge in [0.25, 0.3) is 0 Å². The van der Waals surface area contributed by atoms with Gasteiger partial charge in [-0.2, -0.15) is 13.2 Å². The summed E-state index contributed by atoms with van der Waals surface area (Å²) in [5.74, 6) is -2.56. The van der Waals surface area contributed by atoms with E-state index in [4.69, 9.17) is 14.6 Å². The topological polar surface area (TPSA) is 134 Å². The number of carboxylic acid groups (broad SMARTS) is 1. The highest BCUT2D eigenvalue weighted by Crippen LogP contribution is 2.32. The summed E-state index contributed by atoms with van der Waals surface area (Å²) < 4.78 is 50.8. The van der Waals surface area contributed by atoms with Gasteiger partial charge in [-0.1, -0.05) is 36.4 Å². The van der Waals surface area contributed by atoms with Crippen LogP contribution >= 0.6 is 0 Å². The largest absolute Gasteiger partial charge is 0.480 e. The fraction of sp³-hybridized carbons (Fsp3) is 0.467. The highest BCUT2D eigenvalue weighted by atomic mass is 19.4. The van der Waals surface area contributed by atoms with Gasteiger partial charge in [-0.15, -0.1) is 0 Å². The van der Waals surface area contributed by atoms with Crippen molar-refractivity contribution < 1.29 is 46.9 Å². The number of nitrogens with zero attached hydrogens (tertiary/aromatic N) is 1. The molecule has 3 rings (SSSR count). The van der Waals surface area contributed by atoms with Crippen molar-refractivity contribution >= 4 is 23.9 Å². The fourth-order valence-corrected chi connectivity index (χ4v) is 4.46. The number of hydrogen-bond donors (Lipinski definition) is 3. The molecule has 1 unspecified atom stereocenters. The van der Waals surface area contributed by atoms with Crippen LogP contribution in [0.25, 0.3) is 11.1 Å². The number of rotatable bonds is 10. The second-order valence-corrected chi connectivity index (χ2v) is 11.1. The van der Waals surface area contributed by atoms with E-state index in [2.05, 4.69) is 10.6 Å². The average molecular weight is 608 g/mol. The molecule has 13 heteroatoms. The molecule has 2 aromatic rings. The van der Waals surface area contributed by atoms with Crippen LogP contribution in [0.2, 0.25) is 0 Å². The molecule has 43 heavy (non-hydrogen) atoms.